The summed E-state index contributed by atoms with van der Waals surface area (Å²) < 4.78 is 5.54. The first kappa shape index (κ1) is 13.5. The molecule has 0 aromatic heterocycles. The molecule has 3 heteroatoms. The van der Waals surface area contributed by atoms with Crippen molar-refractivity contribution < 1.29 is 4.74 Å². The lowest BCUT2D eigenvalue weighted by molar-refractivity contribution is 0.0625. The van der Waals surface area contributed by atoms with Gasteiger partial charge in [0.2, 0.25) is 0 Å². The first-order chi connectivity index (χ1) is 7.31. The predicted molar refractivity (Wildman–Crippen MR) is 69.5 cm³/mol. The summed E-state index contributed by atoms with van der Waals surface area (Å²) in [5.41, 5.74) is 2.75. The summed E-state index contributed by atoms with van der Waals surface area (Å²) in [6.45, 7) is 4.21. The van der Waals surface area contributed by atoms with E-state index in [1.54, 1.807) is 7.11 Å². The highest BCUT2D eigenvalue weighted by atomic mass is 35.5. The molecule has 0 bridgehead atoms. The summed E-state index contributed by atoms with van der Waals surface area (Å²) in [5, 5.41) is 3.38. The zero-order valence-electron chi connectivity index (χ0n) is 9.90. The molecule has 1 heterocycles. The largest absolute Gasteiger partial charge is 0.379 e. The van der Waals surface area contributed by atoms with Crippen LogP contribution in [0.15, 0.2) is 24.3 Å². The fraction of sp³-hybridized carbons (Fsp3) is 0.538. The molecule has 1 aliphatic heterocycles. The fourth-order valence-electron chi connectivity index (χ4n) is 2.36. The van der Waals surface area contributed by atoms with E-state index >= 15 is 0 Å². The second kappa shape index (κ2) is 6.24. The molecule has 1 saturated heterocycles. The molecule has 1 aromatic carbocycles. The highest BCUT2D eigenvalue weighted by Gasteiger charge is 2.25. The van der Waals surface area contributed by atoms with Gasteiger partial charge in [-0.1, -0.05) is 29.8 Å². The van der Waals surface area contributed by atoms with Gasteiger partial charge in [-0.3, -0.25) is 0 Å². The van der Waals surface area contributed by atoms with Gasteiger partial charge < -0.3 is 10.1 Å². The summed E-state index contributed by atoms with van der Waals surface area (Å²) >= 11 is 0. The summed E-state index contributed by atoms with van der Waals surface area (Å²) in [6.07, 6.45) is 1.49. The third-order valence-electron chi connectivity index (χ3n) is 3.20. The van der Waals surface area contributed by atoms with Gasteiger partial charge in [-0.15, -0.1) is 12.4 Å². The van der Waals surface area contributed by atoms with E-state index in [1.165, 1.54) is 17.5 Å². The summed E-state index contributed by atoms with van der Waals surface area (Å²) in [4.78, 5) is 0. The van der Waals surface area contributed by atoms with Crippen molar-refractivity contribution in [3.05, 3.63) is 35.4 Å². The van der Waals surface area contributed by atoms with Gasteiger partial charge in [0.05, 0.1) is 6.10 Å². The van der Waals surface area contributed by atoms with Gasteiger partial charge in [0.1, 0.15) is 0 Å². The van der Waals surface area contributed by atoms with Crippen LogP contribution in [0.5, 0.6) is 0 Å². The number of halogens is 1. The van der Waals surface area contributed by atoms with Gasteiger partial charge in [-0.05, 0) is 25.5 Å². The van der Waals surface area contributed by atoms with Gasteiger partial charge in [0.15, 0.2) is 0 Å². The summed E-state index contributed by atoms with van der Waals surface area (Å²) in [6, 6.07) is 8.78. The molecule has 1 aromatic rings. The lowest BCUT2D eigenvalue weighted by Crippen LogP contribution is -2.40. The number of rotatable bonds is 2. The predicted octanol–water partition coefficient (Wildman–Crippen LogP) is 2.51. The normalized spacial score (nSPS) is 24.9. The maximum absolute atomic E-state index is 5.54. The Bertz CT molecular complexity index is 329. The molecule has 1 fully saturated rings. The van der Waals surface area contributed by atoms with Crippen molar-refractivity contribution >= 4 is 12.4 Å². The van der Waals surface area contributed by atoms with Crippen LogP contribution < -0.4 is 5.32 Å². The monoisotopic (exact) mass is 241 g/mol. The number of methoxy groups -OCH3 is 1. The highest BCUT2D eigenvalue weighted by Crippen LogP contribution is 2.27. The Balaban J connectivity index is 0.00000128. The molecular weight excluding hydrogens is 222 g/mol. The molecule has 0 aliphatic carbocycles. The number of benzene rings is 1. The number of ether oxygens (including phenoxy) is 1. The molecule has 2 atom stereocenters. The zero-order valence-corrected chi connectivity index (χ0v) is 10.7. The van der Waals surface area contributed by atoms with E-state index in [1.807, 2.05) is 0 Å². The van der Waals surface area contributed by atoms with Crippen LogP contribution in [0.3, 0.4) is 0 Å². The van der Waals surface area contributed by atoms with E-state index in [0.717, 1.165) is 13.1 Å². The molecule has 2 rings (SSSR count). The second-order valence-corrected chi connectivity index (χ2v) is 4.29. The van der Waals surface area contributed by atoms with Crippen LogP contribution in [0.4, 0.5) is 0 Å². The number of hydrogen-bond acceptors (Lipinski definition) is 2. The molecule has 0 spiro atoms. The topological polar surface area (TPSA) is 21.3 Å². The Labute approximate surface area is 104 Å². The minimum atomic E-state index is 0. The van der Waals surface area contributed by atoms with Crippen LogP contribution in [0, 0.1) is 6.92 Å². The van der Waals surface area contributed by atoms with Gasteiger partial charge in [-0.2, -0.15) is 0 Å². The van der Waals surface area contributed by atoms with Gasteiger partial charge in [0.25, 0.3) is 0 Å². The molecule has 2 unspecified atom stereocenters. The number of hydrogen-bond donors (Lipinski definition) is 1. The minimum Gasteiger partial charge on any atom is -0.379 e. The molecule has 2 nitrogen and oxygen atoms in total. The summed E-state index contributed by atoms with van der Waals surface area (Å²) in [7, 11) is 1.81. The van der Waals surface area contributed by atoms with Crippen LogP contribution in [-0.2, 0) is 4.74 Å². The standard InChI is InChI=1S/C13H19NO.ClH/c1-10-4-3-5-11(8-10)12-6-7-14-9-13(12)15-2;/h3-5,8,12-14H,6-7,9H2,1-2H3;1H. The Kier molecular flexibility index (Phi) is 5.26. The Hall–Kier alpha value is -0.570. The zero-order chi connectivity index (χ0) is 10.7. The Morgan fingerprint density at radius 2 is 2.19 bits per heavy atom. The Morgan fingerprint density at radius 3 is 2.88 bits per heavy atom. The molecule has 0 radical (unpaired) electrons. The van der Waals surface area contributed by atoms with Crippen LogP contribution in [0.1, 0.15) is 23.5 Å². The molecule has 90 valence electrons. The van der Waals surface area contributed by atoms with Gasteiger partial charge in [0, 0.05) is 19.6 Å². The van der Waals surface area contributed by atoms with E-state index in [0.29, 0.717) is 12.0 Å². The van der Waals surface area contributed by atoms with Crippen molar-refractivity contribution in [2.75, 3.05) is 20.2 Å². The van der Waals surface area contributed by atoms with E-state index in [9.17, 15) is 0 Å². The quantitative estimate of drug-likeness (QED) is 0.859. The van der Waals surface area contributed by atoms with Crippen LogP contribution in [0.25, 0.3) is 0 Å². The van der Waals surface area contributed by atoms with Crippen molar-refractivity contribution in [1.82, 2.24) is 5.32 Å². The molecule has 1 aliphatic rings. The van der Waals surface area contributed by atoms with Gasteiger partial charge >= 0.3 is 0 Å². The average molecular weight is 242 g/mol. The van der Waals surface area contributed by atoms with Crippen molar-refractivity contribution in [2.45, 2.75) is 25.4 Å². The Morgan fingerprint density at radius 1 is 1.38 bits per heavy atom. The maximum Gasteiger partial charge on any atom is 0.0764 e. The average Bonchev–Trinajstić information content (AvgIpc) is 2.29. The fourth-order valence-corrected chi connectivity index (χ4v) is 2.36. The van der Waals surface area contributed by atoms with Crippen molar-refractivity contribution in [1.29, 1.82) is 0 Å². The lowest BCUT2D eigenvalue weighted by Gasteiger charge is -2.31. The number of nitrogens with one attached hydrogen (secondary N) is 1. The van der Waals surface area contributed by atoms with E-state index < -0.39 is 0 Å². The van der Waals surface area contributed by atoms with E-state index in [4.69, 9.17) is 4.74 Å². The highest BCUT2D eigenvalue weighted by molar-refractivity contribution is 5.85. The molecule has 16 heavy (non-hydrogen) atoms. The van der Waals surface area contributed by atoms with E-state index in [-0.39, 0.29) is 12.4 Å². The first-order valence-electron chi connectivity index (χ1n) is 5.61. The maximum atomic E-state index is 5.54. The SMILES string of the molecule is COC1CNCCC1c1cccc(C)c1.Cl. The van der Waals surface area contributed by atoms with Crippen molar-refractivity contribution in [3.8, 4) is 0 Å². The molecule has 0 amide bonds. The van der Waals surface area contributed by atoms with E-state index in [2.05, 4.69) is 36.5 Å². The van der Waals surface area contributed by atoms with Crippen LogP contribution >= 0.6 is 12.4 Å². The van der Waals surface area contributed by atoms with Crippen molar-refractivity contribution in [3.63, 3.8) is 0 Å². The minimum absolute atomic E-state index is 0. The molecule has 1 N–H and O–H groups in total. The van der Waals surface area contributed by atoms with Crippen LogP contribution in [0.2, 0.25) is 0 Å². The second-order valence-electron chi connectivity index (χ2n) is 4.29. The van der Waals surface area contributed by atoms with Gasteiger partial charge in [-0.25, -0.2) is 0 Å². The molecular formula is C13H20ClNO. The van der Waals surface area contributed by atoms with Crippen LogP contribution in [-0.4, -0.2) is 26.3 Å². The lowest BCUT2D eigenvalue weighted by atomic mass is 9.87. The first-order valence-corrected chi connectivity index (χ1v) is 5.61. The third kappa shape index (κ3) is 2.97. The number of piperidine rings is 1. The van der Waals surface area contributed by atoms with Crippen molar-refractivity contribution in [2.24, 2.45) is 0 Å². The smallest absolute Gasteiger partial charge is 0.0764 e. The number of aryl methyl sites for hydroxylation is 1. The molecule has 0 saturated carbocycles. The third-order valence-corrected chi connectivity index (χ3v) is 3.20. The summed E-state index contributed by atoms with van der Waals surface area (Å²) in [5.74, 6) is 0.552.